The second kappa shape index (κ2) is 38.6. The summed E-state index contributed by atoms with van der Waals surface area (Å²) in [6.45, 7) is 2.55. The Balaban J connectivity index is 4.59. The smallest absolute Gasteiger partial charge is 0.472 e. The fraction of sp³-hybridized carbons (Fsp3) is 0.705. The van der Waals surface area contributed by atoms with Crippen LogP contribution in [0, 0.1) is 0 Å². The van der Waals surface area contributed by atoms with Gasteiger partial charge in [-0.15, -0.1) is 0 Å². The van der Waals surface area contributed by atoms with Crippen molar-refractivity contribution < 1.29 is 52.6 Å². The summed E-state index contributed by atoms with van der Waals surface area (Å²) in [5.74, 6) is -2.62. The number of nitrogens with two attached hydrogens (primary N) is 1. The normalized spacial score (nSPS) is 14.9. The van der Waals surface area contributed by atoms with Crippen molar-refractivity contribution in [3.8, 4) is 0 Å². The number of unbranched alkanes of at least 4 members (excludes halogenated alkanes) is 14. The monoisotopic (exact) mass is 826 g/mol. The molecule has 0 rings (SSSR count). The first-order chi connectivity index (χ1) is 27.5. The van der Waals surface area contributed by atoms with Gasteiger partial charge in [-0.25, -0.2) is 4.57 Å². The van der Waals surface area contributed by atoms with Crippen LogP contribution in [-0.2, 0) is 37.5 Å². The number of carboxylic acids is 1. The van der Waals surface area contributed by atoms with Crippen LogP contribution in [0.25, 0.3) is 0 Å². The molecule has 0 fully saturated rings. The van der Waals surface area contributed by atoms with Crippen molar-refractivity contribution in [3.05, 3.63) is 60.8 Å². The third-order valence-corrected chi connectivity index (χ3v) is 9.79. The van der Waals surface area contributed by atoms with Gasteiger partial charge in [-0.1, -0.05) is 139 Å². The van der Waals surface area contributed by atoms with Gasteiger partial charge in [0.05, 0.1) is 19.3 Å². The molecule has 0 aliphatic rings. The van der Waals surface area contributed by atoms with Crippen LogP contribution in [0.5, 0.6) is 0 Å². The number of carbonyl (C=O) groups excluding carboxylic acids is 2. The highest BCUT2D eigenvalue weighted by atomic mass is 31.2. The van der Waals surface area contributed by atoms with Gasteiger partial charge in [0, 0.05) is 12.8 Å². The van der Waals surface area contributed by atoms with Gasteiger partial charge in [-0.3, -0.25) is 23.4 Å². The highest BCUT2D eigenvalue weighted by Crippen LogP contribution is 2.43. The van der Waals surface area contributed by atoms with Gasteiger partial charge in [-0.05, 0) is 70.6 Å². The number of phosphoric acid groups is 1. The first kappa shape index (κ1) is 54.1. The summed E-state index contributed by atoms with van der Waals surface area (Å²) in [5.41, 5.74) is 5.32. The van der Waals surface area contributed by atoms with E-state index in [2.05, 4.69) is 54.8 Å². The molecule has 0 aromatic carbocycles. The zero-order chi connectivity index (χ0) is 42.2. The Bertz CT molecular complexity index is 1220. The van der Waals surface area contributed by atoms with Crippen LogP contribution in [0.1, 0.15) is 162 Å². The Morgan fingerprint density at radius 2 is 1.14 bits per heavy atom. The molecule has 0 amide bonds. The number of rotatable bonds is 39. The number of carbonyl (C=O) groups is 3. The van der Waals surface area contributed by atoms with E-state index in [-0.39, 0.29) is 12.8 Å². The van der Waals surface area contributed by atoms with Gasteiger partial charge in [-0.2, -0.15) is 0 Å². The highest BCUT2D eigenvalue weighted by molar-refractivity contribution is 7.47. The van der Waals surface area contributed by atoms with E-state index in [4.69, 9.17) is 24.8 Å². The molecule has 0 aromatic heterocycles. The van der Waals surface area contributed by atoms with Crippen molar-refractivity contribution in [2.45, 2.75) is 180 Å². The van der Waals surface area contributed by atoms with E-state index in [0.29, 0.717) is 19.3 Å². The molecule has 0 saturated carbocycles. The molecular weight excluding hydrogens is 749 g/mol. The number of aliphatic hydroxyl groups excluding tert-OH is 1. The molecule has 328 valence electrons. The maximum Gasteiger partial charge on any atom is 0.472 e. The maximum atomic E-state index is 12.6. The molecule has 0 aromatic rings. The van der Waals surface area contributed by atoms with Crippen molar-refractivity contribution in [2.24, 2.45) is 5.73 Å². The molecule has 4 atom stereocenters. The summed E-state index contributed by atoms with van der Waals surface area (Å²) < 4.78 is 32.5. The standard InChI is InChI=1S/C44H76NO11P/c1-3-5-7-9-11-13-15-17-18-20-22-24-26-28-30-34-43(48)56-40(37-54-57(51,52)55-38-41(45)44(49)50)36-53-42(47)35-31-33-39(46)32-29-27-25-23-21-19-16-14-12-10-8-6-4-2/h11,13,17-19,21,25,27,29,32,39-41,46H,3-10,12,14-16,20,22-24,26,28,30-31,33-38,45H2,1-2H3,(H,49,50)(H,51,52)/b13-11-,18-17-,21-19+,27-25+,32-29+/t39?,40-,41+/m1/s1. The summed E-state index contributed by atoms with van der Waals surface area (Å²) in [4.78, 5) is 45.9. The van der Waals surface area contributed by atoms with E-state index < -0.39 is 63.8 Å². The zero-order valence-electron chi connectivity index (χ0n) is 35.0. The molecule has 12 nitrogen and oxygen atoms in total. The van der Waals surface area contributed by atoms with E-state index >= 15 is 0 Å². The molecule has 0 heterocycles. The number of hydrogen-bond donors (Lipinski definition) is 4. The minimum absolute atomic E-state index is 0.00763. The average molecular weight is 826 g/mol. The lowest BCUT2D eigenvalue weighted by Crippen LogP contribution is -2.34. The van der Waals surface area contributed by atoms with Crippen LogP contribution in [-0.4, -0.2) is 71.1 Å². The van der Waals surface area contributed by atoms with E-state index in [0.717, 1.165) is 57.8 Å². The Morgan fingerprint density at radius 3 is 1.75 bits per heavy atom. The second-order valence-electron chi connectivity index (χ2n) is 14.3. The average Bonchev–Trinajstić information content (AvgIpc) is 3.18. The molecular formula is C44H76NO11P. The molecule has 0 saturated heterocycles. The first-order valence-electron chi connectivity index (χ1n) is 21.4. The number of allylic oxidation sites excluding steroid dienone is 9. The molecule has 5 N–H and O–H groups in total. The lowest BCUT2D eigenvalue weighted by atomic mass is 10.1. The minimum atomic E-state index is -4.77. The van der Waals surface area contributed by atoms with Gasteiger partial charge in [0.1, 0.15) is 12.6 Å². The van der Waals surface area contributed by atoms with Gasteiger partial charge in [0.25, 0.3) is 0 Å². The SMILES string of the molecule is CCCCC/C=C\C/C=C\CCCCCCCC(=O)O[C@H](COC(=O)CCCC(O)/C=C/C=C/C/C=C/CCCCCCCC)COP(=O)(O)OC[C@H](N)C(=O)O. The number of phosphoric ester groups is 1. The lowest BCUT2D eigenvalue weighted by molar-refractivity contribution is -0.161. The molecule has 57 heavy (non-hydrogen) atoms. The molecule has 0 spiro atoms. The van der Waals surface area contributed by atoms with Gasteiger partial charge >= 0.3 is 25.7 Å². The van der Waals surface area contributed by atoms with Crippen LogP contribution >= 0.6 is 7.82 Å². The predicted octanol–water partition coefficient (Wildman–Crippen LogP) is 10.1. The summed E-state index contributed by atoms with van der Waals surface area (Å²) >= 11 is 0. The predicted molar refractivity (Wildman–Crippen MR) is 227 cm³/mol. The van der Waals surface area contributed by atoms with Gasteiger partial charge in [0.2, 0.25) is 0 Å². The molecule has 13 heteroatoms. The van der Waals surface area contributed by atoms with E-state index in [1.165, 1.54) is 57.8 Å². The number of hydrogen-bond acceptors (Lipinski definition) is 10. The first-order valence-corrected chi connectivity index (χ1v) is 22.9. The summed E-state index contributed by atoms with van der Waals surface area (Å²) in [7, 11) is -4.77. The summed E-state index contributed by atoms with van der Waals surface area (Å²) in [6, 6.07) is -1.55. The number of aliphatic carboxylic acids is 1. The number of esters is 2. The summed E-state index contributed by atoms with van der Waals surface area (Å²) in [5, 5.41) is 19.1. The topological polar surface area (TPSA) is 192 Å². The number of ether oxygens (including phenoxy) is 2. The van der Waals surface area contributed by atoms with Crippen molar-refractivity contribution in [3.63, 3.8) is 0 Å². The molecule has 0 radical (unpaired) electrons. The number of aliphatic hydroxyl groups is 1. The molecule has 0 aliphatic heterocycles. The Kier molecular flexibility index (Phi) is 36.7. The zero-order valence-corrected chi connectivity index (χ0v) is 35.9. The third kappa shape index (κ3) is 38.4. The number of carboxylic acid groups (broad SMARTS) is 1. The third-order valence-electron chi connectivity index (χ3n) is 8.84. The Morgan fingerprint density at radius 1 is 0.632 bits per heavy atom. The van der Waals surface area contributed by atoms with Crippen LogP contribution in [0.3, 0.4) is 0 Å². The lowest BCUT2D eigenvalue weighted by Gasteiger charge is -2.20. The maximum absolute atomic E-state index is 12.6. The van der Waals surface area contributed by atoms with Crippen LogP contribution in [0.15, 0.2) is 60.8 Å². The Labute approximate surface area is 343 Å². The van der Waals surface area contributed by atoms with Crippen LogP contribution in [0.4, 0.5) is 0 Å². The second-order valence-corrected chi connectivity index (χ2v) is 15.8. The van der Waals surface area contributed by atoms with Crippen molar-refractivity contribution >= 4 is 25.7 Å². The van der Waals surface area contributed by atoms with E-state index in [1.54, 1.807) is 12.2 Å². The fourth-order valence-electron chi connectivity index (χ4n) is 5.40. The van der Waals surface area contributed by atoms with Crippen molar-refractivity contribution in [2.75, 3.05) is 19.8 Å². The largest absolute Gasteiger partial charge is 0.480 e. The van der Waals surface area contributed by atoms with Crippen LogP contribution < -0.4 is 5.73 Å². The summed E-state index contributed by atoms with van der Waals surface area (Å²) in [6.07, 6.45) is 40.3. The molecule has 2 unspecified atom stereocenters. The van der Waals surface area contributed by atoms with Crippen molar-refractivity contribution in [1.29, 1.82) is 0 Å². The van der Waals surface area contributed by atoms with Gasteiger partial charge < -0.3 is 30.3 Å². The Hall–Kier alpha value is -2.86. The fourth-order valence-corrected chi connectivity index (χ4v) is 6.17. The van der Waals surface area contributed by atoms with Gasteiger partial charge in [0.15, 0.2) is 6.10 Å². The van der Waals surface area contributed by atoms with E-state index in [9.17, 15) is 28.9 Å². The van der Waals surface area contributed by atoms with Crippen molar-refractivity contribution in [1.82, 2.24) is 0 Å². The van der Waals surface area contributed by atoms with Crippen LogP contribution in [0.2, 0.25) is 0 Å². The van der Waals surface area contributed by atoms with E-state index in [1.807, 2.05) is 12.2 Å². The highest BCUT2D eigenvalue weighted by Gasteiger charge is 2.28. The quantitative estimate of drug-likeness (QED) is 0.0151. The molecule has 0 bridgehead atoms. The minimum Gasteiger partial charge on any atom is -0.480 e. The molecule has 0 aliphatic carbocycles.